The van der Waals surface area contributed by atoms with Gasteiger partial charge in [-0.15, -0.1) is 0 Å². The molecule has 120 valence electrons. The standard InChI is InChI=1S/C15H13Cl2N3O2S/c1-9-5-10(16)6-13(17)12(9)7-20-23(21,22)15-11-3-2-4-18-14(11)8-19-15/h2-6,20H,7-8H2,1H3. The molecule has 0 amide bonds. The van der Waals surface area contributed by atoms with Crippen LogP contribution in [0.3, 0.4) is 0 Å². The van der Waals surface area contributed by atoms with Crippen LogP contribution in [0.1, 0.15) is 22.4 Å². The minimum atomic E-state index is -3.75. The van der Waals surface area contributed by atoms with Crippen LogP contribution >= 0.6 is 23.2 Å². The highest BCUT2D eigenvalue weighted by Gasteiger charge is 2.28. The second-order valence-corrected chi connectivity index (χ2v) is 7.65. The summed E-state index contributed by atoms with van der Waals surface area (Å²) in [7, 11) is -3.75. The van der Waals surface area contributed by atoms with Crippen LogP contribution in [0.25, 0.3) is 0 Å². The van der Waals surface area contributed by atoms with Crippen molar-refractivity contribution in [2.75, 3.05) is 0 Å². The first-order valence-electron chi connectivity index (χ1n) is 6.81. The van der Waals surface area contributed by atoms with Crippen LogP contribution in [-0.2, 0) is 23.1 Å². The first-order valence-corrected chi connectivity index (χ1v) is 9.05. The van der Waals surface area contributed by atoms with Gasteiger partial charge in [-0.25, -0.2) is 13.1 Å². The molecule has 0 unspecified atom stereocenters. The summed E-state index contributed by atoms with van der Waals surface area (Å²) >= 11 is 12.1. The van der Waals surface area contributed by atoms with Crippen LogP contribution in [0.4, 0.5) is 0 Å². The maximum atomic E-state index is 12.5. The molecule has 23 heavy (non-hydrogen) atoms. The van der Waals surface area contributed by atoms with E-state index in [2.05, 4.69) is 14.7 Å². The fraction of sp³-hybridized carbons (Fsp3) is 0.200. The van der Waals surface area contributed by atoms with Crippen molar-refractivity contribution in [3.05, 3.63) is 62.9 Å². The van der Waals surface area contributed by atoms with Gasteiger partial charge in [0.15, 0.2) is 5.04 Å². The summed E-state index contributed by atoms with van der Waals surface area (Å²) in [5.41, 5.74) is 2.71. The molecule has 0 saturated heterocycles. The lowest BCUT2D eigenvalue weighted by Gasteiger charge is -2.11. The number of aryl methyl sites for hydroxylation is 1. The van der Waals surface area contributed by atoms with Crippen molar-refractivity contribution >= 4 is 38.3 Å². The largest absolute Gasteiger partial charge is 0.265 e. The number of rotatable bonds is 3. The fourth-order valence-electron chi connectivity index (χ4n) is 2.41. The zero-order valence-corrected chi connectivity index (χ0v) is 14.5. The zero-order chi connectivity index (χ0) is 16.6. The molecule has 3 rings (SSSR count). The molecule has 1 aromatic heterocycles. The Labute approximate surface area is 144 Å². The molecule has 0 aliphatic carbocycles. The van der Waals surface area contributed by atoms with Gasteiger partial charge in [0.05, 0.1) is 12.2 Å². The first kappa shape index (κ1) is 16.4. The summed E-state index contributed by atoms with van der Waals surface area (Å²) in [5.74, 6) is 0. The highest BCUT2D eigenvalue weighted by Crippen LogP contribution is 2.25. The predicted octanol–water partition coefficient (Wildman–Crippen LogP) is 3.08. The van der Waals surface area contributed by atoms with Gasteiger partial charge in [-0.1, -0.05) is 23.2 Å². The van der Waals surface area contributed by atoms with E-state index in [1.807, 2.05) is 6.92 Å². The molecule has 0 atom stereocenters. The highest BCUT2D eigenvalue weighted by molar-refractivity contribution is 8.05. The molecule has 1 aliphatic heterocycles. The topological polar surface area (TPSA) is 71.4 Å². The van der Waals surface area contributed by atoms with Crippen molar-refractivity contribution in [3.8, 4) is 0 Å². The Morgan fingerprint density at radius 3 is 2.83 bits per heavy atom. The molecule has 0 radical (unpaired) electrons. The van der Waals surface area contributed by atoms with Crippen molar-refractivity contribution in [3.63, 3.8) is 0 Å². The number of aliphatic imine (C=N–C) groups is 1. The van der Waals surface area contributed by atoms with Crippen LogP contribution in [0.2, 0.25) is 10.0 Å². The van der Waals surface area contributed by atoms with Gasteiger partial charge in [0.2, 0.25) is 0 Å². The van der Waals surface area contributed by atoms with Crippen molar-refractivity contribution < 1.29 is 8.42 Å². The number of nitrogens with one attached hydrogen (secondary N) is 1. The van der Waals surface area contributed by atoms with E-state index in [0.29, 0.717) is 26.9 Å². The van der Waals surface area contributed by atoms with E-state index in [1.54, 1.807) is 30.5 Å². The van der Waals surface area contributed by atoms with E-state index in [4.69, 9.17) is 23.2 Å². The summed E-state index contributed by atoms with van der Waals surface area (Å²) in [5, 5.41) is 0.954. The van der Waals surface area contributed by atoms with E-state index >= 15 is 0 Å². The minimum absolute atomic E-state index is 0.0170. The lowest BCUT2D eigenvalue weighted by Crippen LogP contribution is -2.30. The number of hydrogen-bond acceptors (Lipinski definition) is 4. The molecule has 0 saturated carbocycles. The smallest absolute Gasteiger partial charge is 0.258 e. The molecule has 0 spiro atoms. The van der Waals surface area contributed by atoms with Gasteiger partial charge >= 0.3 is 0 Å². The van der Waals surface area contributed by atoms with Gasteiger partial charge in [-0.05, 0) is 42.3 Å². The first-order chi connectivity index (χ1) is 10.9. The molecule has 0 fully saturated rings. The van der Waals surface area contributed by atoms with Gasteiger partial charge in [-0.2, -0.15) is 0 Å². The lowest BCUT2D eigenvalue weighted by molar-refractivity contribution is 0.593. The average molecular weight is 370 g/mol. The monoisotopic (exact) mass is 369 g/mol. The zero-order valence-electron chi connectivity index (χ0n) is 12.2. The normalized spacial score (nSPS) is 13.8. The maximum absolute atomic E-state index is 12.5. The molecular weight excluding hydrogens is 357 g/mol. The number of aromatic nitrogens is 1. The summed E-state index contributed by atoms with van der Waals surface area (Å²) in [6.45, 7) is 2.17. The Morgan fingerprint density at radius 2 is 2.09 bits per heavy atom. The van der Waals surface area contributed by atoms with Crippen LogP contribution in [0.5, 0.6) is 0 Å². The third-order valence-electron chi connectivity index (χ3n) is 3.57. The number of nitrogens with zero attached hydrogens (tertiary/aromatic N) is 2. The summed E-state index contributed by atoms with van der Waals surface area (Å²) in [6.07, 6.45) is 1.62. The predicted molar refractivity (Wildman–Crippen MR) is 91.4 cm³/mol. The number of benzene rings is 1. The number of pyridine rings is 1. The Kier molecular flexibility index (Phi) is 4.42. The molecule has 1 aliphatic rings. The molecule has 1 aromatic carbocycles. The van der Waals surface area contributed by atoms with Gasteiger partial charge < -0.3 is 0 Å². The summed E-state index contributed by atoms with van der Waals surface area (Å²) in [6, 6.07) is 6.72. The van der Waals surface area contributed by atoms with Gasteiger partial charge in [0.25, 0.3) is 10.0 Å². The van der Waals surface area contributed by atoms with Crippen molar-refractivity contribution in [2.24, 2.45) is 4.99 Å². The minimum Gasteiger partial charge on any atom is -0.265 e. The van der Waals surface area contributed by atoms with Crippen molar-refractivity contribution in [2.45, 2.75) is 20.0 Å². The molecule has 2 heterocycles. The van der Waals surface area contributed by atoms with Crippen LogP contribution < -0.4 is 4.72 Å². The number of sulfonamides is 1. The Balaban J connectivity index is 1.84. The number of fused-ring (bicyclic) bond motifs is 1. The van der Waals surface area contributed by atoms with Crippen LogP contribution in [-0.4, -0.2) is 18.4 Å². The van der Waals surface area contributed by atoms with Gasteiger partial charge in [0.1, 0.15) is 0 Å². The average Bonchev–Trinajstić information content (AvgIpc) is 2.90. The fourth-order valence-corrected chi connectivity index (χ4v) is 4.25. The molecular formula is C15H13Cl2N3O2S. The van der Waals surface area contributed by atoms with E-state index in [1.165, 1.54) is 0 Å². The van der Waals surface area contributed by atoms with Crippen molar-refractivity contribution in [1.29, 1.82) is 0 Å². The Morgan fingerprint density at radius 1 is 1.30 bits per heavy atom. The number of hydrogen-bond donors (Lipinski definition) is 1. The van der Waals surface area contributed by atoms with Crippen molar-refractivity contribution in [1.82, 2.24) is 9.71 Å². The molecule has 0 bridgehead atoms. The molecule has 5 nitrogen and oxygen atoms in total. The van der Waals surface area contributed by atoms with Gasteiger partial charge in [0, 0.05) is 28.4 Å². The number of halogens is 2. The van der Waals surface area contributed by atoms with E-state index in [0.717, 1.165) is 5.56 Å². The van der Waals surface area contributed by atoms with Gasteiger partial charge in [-0.3, -0.25) is 9.98 Å². The van der Waals surface area contributed by atoms with E-state index < -0.39 is 10.0 Å². The second kappa shape index (κ2) is 6.20. The van der Waals surface area contributed by atoms with Crippen LogP contribution in [0, 0.1) is 6.92 Å². The second-order valence-electron chi connectivity index (χ2n) is 5.13. The molecule has 8 heteroatoms. The summed E-state index contributed by atoms with van der Waals surface area (Å²) < 4.78 is 27.6. The third kappa shape index (κ3) is 3.26. The van der Waals surface area contributed by atoms with E-state index in [9.17, 15) is 8.42 Å². The summed E-state index contributed by atoms with van der Waals surface area (Å²) in [4.78, 5) is 8.23. The third-order valence-corrected chi connectivity index (χ3v) is 5.51. The maximum Gasteiger partial charge on any atom is 0.258 e. The highest BCUT2D eigenvalue weighted by atomic mass is 35.5. The quantitative estimate of drug-likeness (QED) is 0.903. The molecule has 2 aromatic rings. The Bertz CT molecular complexity index is 888. The SMILES string of the molecule is Cc1cc(Cl)cc(Cl)c1CNS(=O)(=O)C1=NCc2ncccc21. The van der Waals surface area contributed by atoms with Crippen LogP contribution in [0.15, 0.2) is 35.5 Å². The molecule has 1 N–H and O–H groups in total. The Hall–Kier alpha value is -1.47. The lowest BCUT2D eigenvalue weighted by atomic mass is 10.1. The van der Waals surface area contributed by atoms with E-state index in [-0.39, 0.29) is 18.1 Å².